The van der Waals surface area contributed by atoms with Gasteiger partial charge in [-0.1, -0.05) is 23.7 Å². The molecule has 4 amide bonds. The number of rotatable bonds is 6. The second-order valence-electron chi connectivity index (χ2n) is 5.86. The van der Waals surface area contributed by atoms with Gasteiger partial charge in [-0.05, 0) is 36.8 Å². The van der Waals surface area contributed by atoms with Crippen molar-refractivity contribution in [1.82, 2.24) is 15.1 Å². The van der Waals surface area contributed by atoms with E-state index in [2.05, 4.69) is 5.32 Å². The van der Waals surface area contributed by atoms with E-state index in [0.717, 1.165) is 15.3 Å². The van der Waals surface area contributed by atoms with Crippen molar-refractivity contribution in [2.45, 2.75) is 20.0 Å². The SMILES string of the molecule is CCN(Cc1ccc(Cl)s1)C(=O)c1cccc(CN2C(=O)CNC2=O)c1. The minimum Gasteiger partial charge on any atom is -0.334 e. The number of benzene rings is 1. The fraction of sp³-hybridized carbons (Fsp3) is 0.278. The maximum absolute atomic E-state index is 12.8. The van der Waals surface area contributed by atoms with Crippen LogP contribution in [0, 0.1) is 0 Å². The first kappa shape index (κ1) is 18.4. The topological polar surface area (TPSA) is 69.7 Å². The van der Waals surface area contributed by atoms with Gasteiger partial charge in [0.2, 0.25) is 5.91 Å². The molecule has 0 bridgehead atoms. The molecule has 1 fully saturated rings. The van der Waals surface area contributed by atoms with Crippen LogP contribution in [-0.4, -0.2) is 40.7 Å². The van der Waals surface area contributed by atoms with E-state index in [9.17, 15) is 14.4 Å². The van der Waals surface area contributed by atoms with Crippen molar-refractivity contribution in [2.75, 3.05) is 13.1 Å². The first-order valence-corrected chi connectivity index (χ1v) is 9.38. The van der Waals surface area contributed by atoms with Crippen molar-refractivity contribution in [3.8, 4) is 0 Å². The molecule has 6 nitrogen and oxygen atoms in total. The summed E-state index contributed by atoms with van der Waals surface area (Å²) in [6, 6.07) is 10.3. The molecular weight excluding hydrogens is 374 g/mol. The highest BCUT2D eigenvalue weighted by molar-refractivity contribution is 7.16. The molecular formula is C18H18ClN3O3S. The first-order valence-electron chi connectivity index (χ1n) is 8.18. The number of urea groups is 1. The second kappa shape index (κ2) is 7.88. The molecule has 136 valence electrons. The summed E-state index contributed by atoms with van der Waals surface area (Å²) < 4.78 is 0.694. The summed E-state index contributed by atoms with van der Waals surface area (Å²) >= 11 is 7.41. The zero-order chi connectivity index (χ0) is 18.7. The Labute approximate surface area is 160 Å². The molecule has 0 saturated carbocycles. The van der Waals surface area contributed by atoms with Crippen LogP contribution in [0.1, 0.15) is 27.7 Å². The molecule has 1 saturated heterocycles. The lowest BCUT2D eigenvalue weighted by atomic mass is 10.1. The van der Waals surface area contributed by atoms with Crippen LogP contribution < -0.4 is 5.32 Å². The van der Waals surface area contributed by atoms with Crippen molar-refractivity contribution in [1.29, 1.82) is 0 Å². The van der Waals surface area contributed by atoms with Crippen molar-refractivity contribution < 1.29 is 14.4 Å². The van der Waals surface area contributed by atoms with Crippen molar-refractivity contribution >= 4 is 40.8 Å². The molecule has 1 aliphatic rings. The molecule has 0 radical (unpaired) electrons. The molecule has 1 N–H and O–H groups in total. The van der Waals surface area contributed by atoms with E-state index < -0.39 is 6.03 Å². The summed E-state index contributed by atoms with van der Waals surface area (Å²) in [6.45, 7) is 3.14. The predicted octanol–water partition coefficient (Wildman–Crippen LogP) is 3.12. The van der Waals surface area contributed by atoms with Crippen molar-refractivity contribution in [3.63, 3.8) is 0 Å². The average molecular weight is 392 g/mol. The minimum atomic E-state index is -0.406. The third kappa shape index (κ3) is 4.05. The third-order valence-electron chi connectivity index (χ3n) is 4.10. The van der Waals surface area contributed by atoms with Gasteiger partial charge in [0, 0.05) is 17.0 Å². The molecule has 8 heteroatoms. The van der Waals surface area contributed by atoms with Gasteiger partial charge in [0.15, 0.2) is 0 Å². The molecule has 0 atom stereocenters. The normalized spacial score (nSPS) is 13.8. The number of nitrogens with one attached hydrogen (secondary N) is 1. The van der Waals surface area contributed by atoms with E-state index in [4.69, 9.17) is 11.6 Å². The molecule has 3 rings (SSSR count). The number of hydrogen-bond acceptors (Lipinski definition) is 4. The van der Waals surface area contributed by atoms with Crippen molar-refractivity contribution in [3.05, 3.63) is 56.7 Å². The Morgan fingerprint density at radius 1 is 1.31 bits per heavy atom. The molecule has 0 aliphatic carbocycles. The highest BCUT2D eigenvalue weighted by Crippen LogP contribution is 2.23. The molecule has 26 heavy (non-hydrogen) atoms. The Kier molecular flexibility index (Phi) is 5.58. The number of halogens is 1. The summed E-state index contributed by atoms with van der Waals surface area (Å²) in [6.07, 6.45) is 0. The van der Waals surface area contributed by atoms with Gasteiger partial charge in [-0.15, -0.1) is 11.3 Å². The number of imide groups is 1. The van der Waals surface area contributed by atoms with Crippen LogP contribution in [0.5, 0.6) is 0 Å². The fourth-order valence-corrected chi connectivity index (χ4v) is 3.84. The zero-order valence-corrected chi connectivity index (χ0v) is 15.8. The molecule has 1 aromatic carbocycles. The van der Waals surface area contributed by atoms with Crippen molar-refractivity contribution in [2.24, 2.45) is 0 Å². The van der Waals surface area contributed by atoms with E-state index in [1.807, 2.05) is 19.1 Å². The van der Waals surface area contributed by atoms with Gasteiger partial charge >= 0.3 is 6.03 Å². The van der Waals surface area contributed by atoms with Crippen LogP contribution >= 0.6 is 22.9 Å². The lowest BCUT2D eigenvalue weighted by molar-refractivity contribution is -0.125. The Morgan fingerprint density at radius 3 is 2.73 bits per heavy atom. The number of thiophene rings is 1. The van der Waals surface area contributed by atoms with Crippen LogP contribution in [0.2, 0.25) is 4.34 Å². The van der Waals surface area contributed by atoms with Crippen LogP contribution in [-0.2, 0) is 17.9 Å². The smallest absolute Gasteiger partial charge is 0.324 e. The Bertz CT molecular complexity index is 836. The van der Waals surface area contributed by atoms with Gasteiger partial charge in [-0.2, -0.15) is 0 Å². The highest BCUT2D eigenvalue weighted by Gasteiger charge is 2.28. The summed E-state index contributed by atoms with van der Waals surface area (Å²) in [5.74, 6) is -0.368. The Balaban J connectivity index is 1.74. The van der Waals surface area contributed by atoms with Crippen LogP contribution in [0.3, 0.4) is 0 Å². The van der Waals surface area contributed by atoms with E-state index in [-0.39, 0.29) is 24.9 Å². The van der Waals surface area contributed by atoms with Gasteiger partial charge in [0.25, 0.3) is 5.91 Å². The van der Waals surface area contributed by atoms with Gasteiger partial charge in [-0.25, -0.2) is 4.79 Å². The van der Waals surface area contributed by atoms with E-state index >= 15 is 0 Å². The van der Waals surface area contributed by atoms with Gasteiger partial charge in [0.05, 0.1) is 24.0 Å². The fourth-order valence-electron chi connectivity index (χ4n) is 2.74. The third-order valence-corrected chi connectivity index (χ3v) is 5.31. The van der Waals surface area contributed by atoms with E-state index in [0.29, 0.717) is 23.0 Å². The van der Waals surface area contributed by atoms with Crippen LogP contribution in [0.4, 0.5) is 4.79 Å². The Morgan fingerprint density at radius 2 is 2.12 bits per heavy atom. The average Bonchev–Trinajstić information content (AvgIpc) is 3.19. The van der Waals surface area contributed by atoms with E-state index in [1.54, 1.807) is 29.2 Å². The maximum Gasteiger partial charge on any atom is 0.324 e. The Hall–Kier alpha value is -2.38. The first-order chi connectivity index (χ1) is 12.5. The minimum absolute atomic E-state index is 0.0183. The quantitative estimate of drug-likeness (QED) is 0.769. The molecule has 2 aromatic rings. The summed E-state index contributed by atoms with van der Waals surface area (Å²) in [5.41, 5.74) is 1.26. The number of carbonyl (C=O) groups is 3. The summed E-state index contributed by atoms with van der Waals surface area (Å²) in [7, 11) is 0. The number of amides is 4. The van der Waals surface area contributed by atoms with Crippen LogP contribution in [0.25, 0.3) is 0 Å². The van der Waals surface area contributed by atoms with Gasteiger partial charge in [0.1, 0.15) is 0 Å². The number of hydrogen-bond donors (Lipinski definition) is 1. The standard InChI is InChI=1S/C18H18ClN3O3S/c1-2-21(11-14-6-7-15(19)26-14)17(24)13-5-3-4-12(8-13)10-22-16(23)9-20-18(22)25/h3-8H,2,9-11H2,1H3,(H,20,25). The molecule has 0 unspecified atom stereocenters. The zero-order valence-electron chi connectivity index (χ0n) is 14.2. The lowest BCUT2D eigenvalue weighted by Crippen LogP contribution is -2.31. The summed E-state index contributed by atoms with van der Waals surface area (Å²) in [5, 5.41) is 2.49. The number of carbonyl (C=O) groups excluding carboxylic acids is 3. The molecule has 1 aliphatic heterocycles. The predicted molar refractivity (Wildman–Crippen MR) is 100 cm³/mol. The van der Waals surface area contributed by atoms with Gasteiger partial charge in [-0.3, -0.25) is 14.5 Å². The monoisotopic (exact) mass is 391 g/mol. The van der Waals surface area contributed by atoms with Gasteiger partial charge < -0.3 is 10.2 Å². The number of nitrogens with zero attached hydrogens (tertiary/aromatic N) is 2. The molecule has 0 spiro atoms. The molecule has 1 aromatic heterocycles. The van der Waals surface area contributed by atoms with Crippen LogP contribution in [0.15, 0.2) is 36.4 Å². The van der Waals surface area contributed by atoms with E-state index in [1.165, 1.54) is 11.3 Å². The maximum atomic E-state index is 12.8. The summed E-state index contributed by atoms with van der Waals surface area (Å²) in [4.78, 5) is 40.1. The molecule has 2 heterocycles. The highest BCUT2D eigenvalue weighted by atomic mass is 35.5. The largest absolute Gasteiger partial charge is 0.334 e. The second-order valence-corrected chi connectivity index (χ2v) is 7.66. The lowest BCUT2D eigenvalue weighted by Gasteiger charge is -2.21.